The molecule has 0 bridgehead atoms. The molecular formula is C12H19ClN2O. The molecule has 0 saturated carbocycles. The topological polar surface area (TPSA) is 55.1 Å². The number of amides is 1. The lowest BCUT2D eigenvalue weighted by atomic mass is 10.1. The molecule has 0 heterocycles. The second-order valence-corrected chi connectivity index (χ2v) is 4.43. The summed E-state index contributed by atoms with van der Waals surface area (Å²) in [5.74, 6) is 0.0136. The number of hydrogen-bond donors (Lipinski definition) is 2. The minimum Gasteiger partial charge on any atom is -0.354 e. The van der Waals surface area contributed by atoms with Crippen LogP contribution in [0.5, 0.6) is 0 Å². The Hall–Kier alpha value is -1.06. The molecule has 0 atom stereocenters. The highest BCUT2D eigenvalue weighted by molar-refractivity contribution is 5.85. The highest BCUT2D eigenvalue weighted by Gasteiger charge is 2.12. The van der Waals surface area contributed by atoms with Gasteiger partial charge in [0.1, 0.15) is 0 Å². The fourth-order valence-electron chi connectivity index (χ4n) is 1.17. The average Bonchev–Trinajstić information content (AvgIpc) is 2.15. The second kappa shape index (κ2) is 6.51. The summed E-state index contributed by atoms with van der Waals surface area (Å²) in [5, 5.41) is 2.81. The molecule has 0 saturated heterocycles. The van der Waals surface area contributed by atoms with Gasteiger partial charge in [0.2, 0.25) is 5.91 Å². The molecule has 0 aliphatic heterocycles. The Morgan fingerprint density at radius 2 is 1.88 bits per heavy atom. The van der Waals surface area contributed by atoms with Crippen LogP contribution in [0.2, 0.25) is 0 Å². The summed E-state index contributed by atoms with van der Waals surface area (Å²) < 4.78 is 0. The van der Waals surface area contributed by atoms with Crippen LogP contribution in [0.1, 0.15) is 19.4 Å². The van der Waals surface area contributed by atoms with Crippen LogP contribution < -0.4 is 11.1 Å². The van der Waals surface area contributed by atoms with E-state index in [0.29, 0.717) is 13.0 Å². The Labute approximate surface area is 103 Å². The first kappa shape index (κ1) is 14.9. The zero-order valence-corrected chi connectivity index (χ0v) is 10.5. The van der Waals surface area contributed by atoms with Crippen LogP contribution in [-0.2, 0) is 11.2 Å². The minimum absolute atomic E-state index is 0. The van der Waals surface area contributed by atoms with E-state index in [1.54, 1.807) is 0 Å². The molecule has 1 aromatic carbocycles. The van der Waals surface area contributed by atoms with Crippen LogP contribution in [0.3, 0.4) is 0 Å². The van der Waals surface area contributed by atoms with Gasteiger partial charge in [0, 0.05) is 12.1 Å². The lowest BCUT2D eigenvalue weighted by Crippen LogP contribution is -2.45. The van der Waals surface area contributed by atoms with Gasteiger partial charge in [-0.3, -0.25) is 4.79 Å². The number of halogens is 1. The van der Waals surface area contributed by atoms with Gasteiger partial charge in [-0.15, -0.1) is 12.4 Å². The van der Waals surface area contributed by atoms with Crippen LogP contribution in [0.4, 0.5) is 0 Å². The third-order valence-electron chi connectivity index (χ3n) is 1.95. The van der Waals surface area contributed by atoms with E-state index in [0.717, 1.165) is 5.56 Å². The van der Waals surface area contributed by atoms with Crippen LogP contribution >= 0.6 is 12.4 Å². The summed E-state index contributed by atoms with van der Waals surface area (Å²) in [6.07, 6.45) is 0.414. The van der Waals surface area contributed by atoms with E-state index >= 15 is 0 Å². The standard InChI is InChI=1S/C12H18N2O.ClH/c1-12(2,13)9-14-11(15)8-10-6-4-3-5-7-10;/h3-7H,8-9,13H2,1-2H3,(H,14,15);1H. The van der Waals surface area contributed by atoms with E-state index in [4.69, 9.17) is 5.73 Å². The van der Waals surface area contributed by atoms with Gasteiger partial charge >= 0.3 is 0 Å². The lowest BCUT2D eigenvalue weighted by molar-refractivity contribution is -0.120. The monoisotopic (exact) mass is 242 g/mol. The zero-order valence-electron chi connectivity index (χ0n) is 9.69. The van der Waals surface area contributed by atoms with Crippen molar-refractivity contribution in [3.05, 3.63) is 35.9 Å². The Kier molecular flexibility index (Phi) is 6.08. The van der Waals surface area contributed by atoms with Crippen molar-refractivity contribution in [3.8, 4) is 0 Å². The number of carbonyl (C=O) groups is 1. The SMILES string of the molecule is CC(C)(N)CNC(=O)Cc1ccccc1.Cl. The molecule has 0 aromatic heterocycles. The molecule has 0 spiro atoms. The van der Waals surface area contributed by atoms with Gasteiger partial charge in [0.05, 0.1) is 6.42 Å². The van der Waals surface area contributed by atoms with Gasteiger partial charge in [0.15, 0.2) is 0 Å². The van der Waals surface area contributed by atoms with Crippen molar-refractivity contribution < 1.29 is 4.79 Å². The van der Waals surface area contributed by atoms with Crippen molar-refractivity contribution in [2.45, 2.75) is 25.8 Å². The van der Waals surface area contributed by atoms with E-state index in [1.165, 1.54) is 0 Å². The lowest BCUT2D eigenvalue weighted by Gasteiger charge is -2.18. The summed E-state index contributed by atoms with van der Waals surface area (Å²) in [6, 6.07) is 9.66. The summed E-state index contributed by atoms with van der Waals surface area (Å²) in [4.78, 5) is 11.5. The molecule has 90 valence electrons. The van der Waals surface area contributed by atoms with Crippen molar-refractivity contribution in [1.29, 1.82) is 0 Å². The van der Waals surface area contributed by atoms with Gasteiger partial charge in [-0.05, 0) is 19.4 Å². The molecule has 0 unspecified atom stereocenters. The van der Waals surface area contributed by atoms with Gasteiger partial charge in [-0.2, -0.15) is 0 Å². The van der Waals surface area contributed by atoms with Crippen LogP contribution in [0.15, 0.2) is 30.3 Å². The molecule has 1 rings (SSSR count). The Bertz CT molecular complexity index is 320. The molecule has 0 aliphatic carbocycles. The number of rotatable bonds is 4. The van der Waals surface area contributed by atoms with E-state index < -0.39 is 0 Å². The summed E-state index contributed by atoms with van der Waals surface area (Å²) >= 11 is 0. The first-order valence-electron chi connectivity index (χ1n) is 5.07. The van der Waals surface area contributed by atoms with Gasteiger partial charge in [-0.1, -0.05) is 30.3 Å². The Morgan fingerprint density at radius 3 is 2.38 bits per heavy atom. The third kappa shape index (κ3) is 6.43. The van der Waals surface area contributed by atoms with Crippen molar-refractivity contribution in [1.82, 2.24) is 5.32 Å². The maximum atomic E-state index is 11.5. The molecule has 3 nitrogen and oxygen atoms in total. The van der Waals surface area contributed by atoms with Gasteiger partial charge < -0.3 is 11.1 Å². The molecule has 0 radical (unpaired) electrons. The van der Waals surface area contributed by atoms with E-state index in [-0.39, 0.29) is 23.9 Å². The molecule has 0 aliphatic rings. The minimum atomic E-state index is -0.355. The average molecular weight is 243 g/mol. The number of hydrogen-bond acceptors (Lipinski definition) is 2. The van der Waals surface area contributed by atoms with Crippen molar-refractivity contribution in [2.24, 2.45) is 5.73 Å². The van der Waals surface area contributed by atoms with Crippen molar-refractivity contribution in [3.63, 3.8) is 0 Å². The zero-order chi connectivity index (χ0) is 11.3. The van der Waals surface area contributed by atoms with Crippen molar-refractivity contribution in [2.75, 3.05) is 6.54 Å². The largest absolute Gasteiger partial charge is 0.354 e. The van der Waals surface area contributed by atoms with Gasteiger partial charge in [0.25, 0.3) is 0 Å². The fraction of sp³-hybridized carbons (Fsp3) is 0.417. The number of benzene rings is 1. The highest BCUT2D eigenvalue weighted by atomic mass is 35.5. The maximum absolute atomic E-state index is 11.5. The molecule has 4 heteroatoms. The van der Waals surface area contributed by atoms with Gasteiger partial charge in [-0.25, -0.2) is 0 Å². The van der Waals surface area contributed by atoms with E-state index in [9.17, 15) is 4.79 Å². The van der Waals surface area contributed by atoms with Crippen LogP contribution in [-0.4, -0.2) is 18.0 Å². The van der Waals surface area contributed by atoms with Crippen LogP contribution in [0, 0.1) is 0 Å². The first-order chi connectivity index (χ1) is 6.97. The molecular weight excluding hydrogens is 224 g/mol. The normalized spacial score (nSPS) is 10.4. The molecule has 1 amide bonds. The predicted octanol–water partition coefficient (Wildman–Crippen LogP) is 1.50. The third-order valence-corrected chi connectivity index (χ3v) is 1.95. The smallest absolute Gasteiger partial charge is 0.224 e. The fourth-order valence-corrected chi connectivity index (χ4v) is 1.17. The maximum Gasteiger partial charge on any atom is 0.224 e. The second-order valence-electron chi connectivity index (χ2n) is 4.43. The Balaban J connectivity index is 0.00000225. The molecule has 16 heavy (non-hydrogen) atoms. The number of nitrogens with one attached hydrogen (secondary N) is 1. The summed E-state index contributed by atoms with van der Waals surface area (Å²) in [7, 11) is 0. The first-order valence-corrected chi connectivity index (χ1v) is 5.07. The molecule has 0 fully saturated rings. The summed E-state index contributed by atoms with van der Waals surface area (Å²) in [5.41, 5.74) is 6.43. The Morgan fingerprint density at radius 1 is 1.31 bits per heavy atom. The quantitative estimate of drug-likeness (QED) is 0.841. The summed E-state index contributed by atoms with van der Waals surface area (Å²) in [6.45, 7) is 4.27. The predicted molar refractivity (Wildman–Crippen MR) is 68.7 cm³/mol. The van der Waals surface area contributed by atoms with E-state index in [1.807, 2.05) is 44.2 Å². The molecule has 1 aromatic rings. The van der Waals surface area contributed by atoms with Crippen LogP contribution in [0.25, 0.3) is 0 Å². The number of nitrogens with two attached hydrogens (primary N) is 1. The molecule has 3 N–H and O–H groups in total. The number of carbonyl (C=O) groups excluding carboxylic acids is 1. The highest BCUT2D eigenvalue weighted by Crippen LogP contribution is 1.99. The van der Waals surface area contributed by atoms with E-state index in [2.05, 4.69) is 5.32 Å². The van der Waals surface area contributed by atoms with Crippen molar-refractivity contribution >= 4 is 18.3 Å².